The van der Waals surface area contributed by atoms with Gasteiger partial charge in [-0.05, 0) is 56.2 Å². The molecule has 2 aromatic rings. The van der Waals surface area contributed by atoms with Crippen molar-refractivity contribution in [1.29, 1.82) is 0 Å². The van der Waals surface area contributed by atoms with Crippen molar-refractivity contribution in [3.05, 3.63) is 54.1 Å². The van der Waals surface area contributed by atoms with Gasteiger partial charge in [0.1, 0.15) is 0 Å². The highest BCUT2D eigenvalue weighted by Crippen LogP contribution is 2.27. The fourth-order valence-electron chi connectivity index (χ4n) is 3.67. The molecule has 0 saturated carbocycles. The van der Waals surface area contributed by atoms with Gasteiger partial charge in [0.05, 0.1) is 9.79 Å². The second kappa shape index (κ2) is 9.13. The maximum absolute atomic E-state index is 12.9. The molecule has 1 amide bonds. The van der Waals surface area contributed by atoms with Gasteiger partial charge in [-0.1, -0.05) is 12.1 Å². The van der Waals surface area contributed by atoms with E-state index in [-0.39, 0.29) is 40.5 Å². The van der Waals surface area contributed by atoms with Crippen LogP contribution < -0.4 is 4.90 Å². The summed E-state index contributed by atoms with van der Waals surface area (Å²) in [6.07, 6.45) is 1.89. The van der Waals surface area contributed by atoms with E-state index in [4.69, 9.17) is 0 Å². The normalized spacial score (nSPS) is 16.0. The zero-order valence-electron chi connectivity index (χ0n) is 18.2. The number of piperidine rings is 1. The second-order valence-electron chi connectivity index (χ2n) is 7.92. The summed E-state index contributed by atoms with van der Waals surface area (Å²) in [5, 5.41) is 0. The third-order valence-electron chi connectivity index (χ3n) is 5.68. The van der Waals surface area contributed by atoms with E-state index < -0.39 is 19.9 Å². The number of hydrogen-bond acceptors (Lipinski definition) is 6. The molecule has 0 spiro atoms. The van der Waals surface area contributed by atoms with E-state index in [1.165, 1.54) is 52.5 Å². The third-order valence-corrected chi connectivity index (χ3v) is 8.73. The van der Waals surface area contributed by atoms with Crippen LogP contribution in [0.15, 0.2) is 58.3 Å². The van der Waals surface area contributed by atoms with E-state index in [0.717, 1.165) is 6.26 Å². The minimum atomic E-state index is -3.70. The summed E-state index contributed by atoms with van der Waals surface area (Å²) in [5.41, 5.74) is 1.02. The molecule has 1 aliphatic heterocycles. The topological polar surface area (TPSA) is 109 Å². The number of carbonyl (C=O) groups excluding carboxylic acids is 2. The van der Waals surface area contributed by atoms with Crippen molar-refractivity contribution < 1.29 is 26.4 Å². The Morgan fingerprint density at radius 3 is 1.84 bits per heavy atom. The lowest BCUT2D eigenvalue weighted by Crippen LogP contribution is -2.43. The quantitative estimate of drug-likeness (QED) is 0.590. The molecule has 2 aromatic carbocycles. The van der Waals surface area contributed by atoms with Crippen LogP contribution >= 0.6 is 0 Å². The Labute approximate surface area is 188 Å². The Kier molecular flexibility index (Phi) is 6.87. The van der Waals surface area contributed by atoms with Crippen LogP contribution in [0.1, 0.15) is 30.1 Å². The summed E-state index contributed by atoms with van der Waals surface area (Å²) >= 11 is 0. The largest absolute Gasteiger partial charge is 0.315 e. The molecule has 0 aromatic heterocycles. The lowest BCUT2D eigenvalue weighted by Gasteiger charge is -2.32. The lowest BCUT2D eigenvalue weighted by atomic mass is 9.96. The zero-order chi connectivity index (χ0) is 23.7. The van der Waals surface area contributed by atoms with Gasteiger partial charge >= 0.3 is 0 Å². The van der Waals surface area contributed by atoms with Crippen LogP contribution in [-0.2, 0) is 24.7 Å². The van der Waals surface area contributed by atoms with Gasteiger partial charge in [0.2, 0.25) is 15.9 Å². The number of benzene rings is 2. The molecular weight excluding hydrogens is 452 g/mol. The highest BCUT2D eigenvalue weighted by molar-refractivity contribution is 7.90. The molecule has 32 heavy (non-hydrogen) atoms. The van der Waals surface area contributed by atoms with Crippen LogP contribution in [0, 0.1) is 5.92 Å². The van der Waals surface area contributed by atoms with Gasteiger partial charge < -0.3 is 4.90 Å². The molecule has 10 heteroatoms. The molecule has 1 saturated heterocycles. The van der Waals surface area contributed by atoms with E-state index >= 15 is 0 Å². The SMILES string of the molecule is CC(=O)c1ccc(S(=O)(=O)N2CCC(C(=O)N(C)c3ccc(S(C)(=O)=O)cc3)CC2)cc1. The van der Waals surface area contributed by atoms with Crippen LogP contribution in [0.25, 0.3) is 0 Å². The maximum atomic E-state index is 12.9. The standard InChI is InChI=1S/C22H26N2O6S2/c1-16(25)17-4-8-21(9-5-17)32(29,30)24-14-12-18(13-15-24)22(26)23(2)19-6-10-20(11-7-19)31(3,27)28/h4-11,18H,12-15H2,1-3H3. The molecule has 0 N–H and O–H groups in total. The number of carbonyl (C=O) groups is 2. The highest BCUT2D eigenvalue weighted by atomic mass is 32.2. The lowest BCUT2D eigenvalue weighted by molar-refractivity contribution is -0.123. The molecule has 0 unspecified atom stereocenters. The third kappa shape index (κ3) is 5.08. The molecule has 1 fully saturated rings. The summed E-state index contributed by atoms with van der Waals surface area (Å²) in [6, 6.07) is 11.9. The van der Waals surface area contributed by atoms with Gasteiger partial charge in [0.25, 0.3) is 0 Å². The number of anilines is 1. The predicted octanol–water partition coefficient (Wildman–Crippen LogP) is 2.36. The van der Waals surface area contributed by atoms with Crippen molar-refractivity contribution in [2.45, 2.75) is 29.6 Å². The minimum absolute atomic E-state index is 0.121. The Hall–Kier alpha value is -2.56. The van der Waals surface area contributed by atoms with Gasteiger partial charge in [-0.2, -0.15) is 4.31 Å². The maximum Gasteiger partial charge on any atom is 0.243 e. The number of ketones is 1. The van der Waals surface area contributed by atoms with Crippen molar-refractivity contribution in [1.82, 2.24) is 4.31 Å². The molecule has 1 aliphatic rings. The zero-order valence-corrected chi connectivity index (χ0v) is 19.8. The molecule has 8 nitrogen and oxygen atoms in total. The van der Waals surface area contributed by atoms with Crippen LogP contribution in [-0.4, -0.2) is 59.2 Å². The summed E-state index contributed by atoms with van der Waals surface area (Å²) in [6.45, 7) is 1.85. The molecular formula is C22H26N2O6S2. The second-order valence-corrected chi connectivity index (χ2v) is 11.9. The summed E-state index contributed by atoms with van der Waals surface area (Å²) in [7, 11) is -5.40. The molecule has 0 radical (unpaired) electrons. The summed E-state index contributed by atoms with van der Waals surface area (Å²) < 4.78 is 50.4. The van der Waals surface area contributed by atoms with E-state index in [0.29, 0.717) is 24.1 Å². The Morgan fingerprint density at radius 2 is 1.38 bits per heavy atom. The number of sulfone groups is 1. The number of hydrogen-bond donors (Lipinski definition) is 0. The van der Waals surface area contributed by atoms with E-state index in [1.54, 1.807) is 19.2 Å². The van der Waals surface area contributed by atoms with Gasteiger partial charge in [-0.25, -0.2) is 16.8 Å². The molecule has 0 atom stereocenters. The Balaban J connectivity index is 1.65. The first kappa shape index (κ1) is 24.1. The number of Topliss-reactive ketones (excluding diaryl/α,β-unsaturated/α-hetero) is 1. The fraction of sp³-hybridized carbons (Fsp3) is 0.364. The van der Waals surface area contributed by atoms with Crippen molar-refractivity contribution in [3.63, 3.8) is 0 Å². The van der Waals surface area contributed by atoms with Crippen molar-refractivity contribution in [2.24, 2.45) is 5.92 Å². The number of sulfonamides is 1. The molecule has 3 rings (SSSR count). The van der Waals surface area contributed by atoms with Gasteiger partial charge in [0.15, 0.2) is 15.6 Å². The Morgan fingerprint density at radius 1 is 0.875 bits per heavy atom. The van der Waals surface area contributed by atoms with Crippen LogP contribution in [0.3, 0.4) is 0 Å². The highest BCUT2D eigenvalue weighted by Gasteiger charge is 2.33. The monoisotopic (exact) mass is 478 g/mol. The van der Waals surface area contributed by atoms with Crippen LogP contribution in [0.2, 0.25) is 0 Å². The number of rotatable bonds is 6. The van der Waals surface area contributed by atoms with Gasteiger partial charge in [-0.15, -0.1) is 0 Å². The predicted molar refractivity (Wildman–Crippen MR) is 121 cm³/mol. The minimum Gasteiger partial charge on any atom is -0.315 e. The average Bonchev–Trinajstić information content (AvgIpc) is 2.77. The van der Waals surface area contributed by atoms with Crippen molar-refractivity contribution in [3.8, 4) is 0 Å². The average molecular weight is 479 g/mol. The number of nitrogens with zero attached hydrogens (tertiary/aromatic N) is 2. The Bertz CT molecular complexity index is 1210. The van der Waals surface area contributed by atoms with Crippen LogP contribution in [0.5, 0.6) is 0 Å². The molecule has 0 aliphatic carbocycles. The first-order valence-corrected chi connectivity index (χ1v) is 13.4. The van der Waals surface area contributed by atoms with Crippen molar-refractivity contribution >= 4 is 37.2 Å². The molecule has 1 heterocycles. The molecule has 0 bridgehead atoms. The fourth-order valence-corrected chi connectivity index (χ4v) is 5.77. The summed E-state index contributed by atoms with van der Waals surface area (Å²) in [5.74, 6) is -0.607. The number of amides is 1. The summed E-state index contributed by atoms with van der Waals surface area (Å²) in [4.78, 5) is 26.1. The van der Waals surface area contributed by atoms with Gasteiger partial charge in [0, 0.05) is 43.6 Å². The first-order valence-electron chi connectivity index (χ1n) is 10.1. The van der Waals surface area contributed by atoms with E-state index in [1.807, 2.05) is 0 Å². The molecule has 172 valence electrons. The van der Waals surface area contributed by atoms with E-state index in [9.17, 15) is 26.4 Å². The van der Waals surface area contributed by atoms with Gasteiger partial charge in [-0.3, -0.25) is 9.59 Å². The van der Waals surface area contributed by atoms with Crippen molar-refractivity contribution in [2.75, 3.05) is 31.3 Å². The van der Waals surface area contributed by atoms with Crippen LogP contribution in [0.4, 0.5) is 5.69 Å². The first-order chi connectivity index (χ1) is 14.9. The van der Waals surface area contributed by atoms with E-state index in [2.05, 4.69) is 0 Å². The smallest absolute Gasteiger partial charge is 0.243 e.